The molecule has 1 atom stereocenters. The van der Waals surface area contributed by atoms with E-state index in [2.05, 4.69) is 77.7 Å². The maximum absolute atomic E-state index is 12.9. The van der Waals surface area contributed by atoms with Gasteiger partial charge >= 0.3 is 0 Å². The van der Waals surface area contributed by atoms with Crippen LogP contribution in [-0.2, 0) is 19.8 Å². The van der Waals surface area contributed by atoms with Crippen molar-refractivity contribution in [3.8, 4) is 0 Å². The van der Waals surface area contributed by atoms with Gasteiger partial charge in [0.1, 0.15) is 0 Å². The minimum absolute atomic E-state index is 0.0484. The van der Waals surface area contributed by atoms with E-state index in [1.807, 2.05) is 18.2 Å². The molecule has 1 heterocycles. The number of amides is 1. The smallest absolute Gasteiger partial charge is 0.253 e. The van der Waals surface area contributed by atoms with Crippen LogP contribution in [0.2, 0.25) is 0 Å². The highest BCUT2D eigenvalue weighted by molar-refractivity contribution is 5.81. The molecule has 7 nitrogen and oxygen atoms in total. The fourth-order valence-corrected chi connectivity index (χ4v) is 5.11. The fraction of sp³-hybridized carbons (Fsp3) is 0.367. The Hall–Kier alpha value is -3.07. The normalized spacial score (nSPS) is 15.5. The second-order valence-corrected chi connectivity index (χ2v) is 9.05. The van der Waals surface area contributed by atoms with Crippen molar-refractivity contribution < 1.29 is 24.5 Å². The average Bonchev–Trinajstić information content (AvgIpc) is 2.97. The number of carbonyl (C=O) groups is 1. The lowest BCUT2D eigenvalue weighted by molar-refractivity contribution is -0.146. The molecule has 0 saturated carbocycles. The van der Waals surface area contributed by atoms with Crippen LogP contribution >= 0.6 is 0 Å². The maximum atomic E-state index is 12.9. The number of hydrogen-bond acceptors (Lipinski definition) is 6. The summed E-state index contributed by atoms with van der Waals surface area (Å²) in [4.78, 5) is 17.1. The van der Waals surface area contributed by atoms with Gasteiger partial charge in [0.05, 0.1) is 38.6 Å². The summed E-state index contributed by atoms with van der Waals surface area (Å²) in [5.41, 5.74) is 2.99. The molecule has 4 rings (SSSR count). The Balaban J connectivity index is 1.52. The molecule has 37 heavy (non-hydrogen) atoms. The Labute approximate surface area is 218 Å². The van der Waals surface area contributed by atoms with Crippen molar-refractivity contribution in [3.05, 3.63) is 108 Å². The largest absolute Gasteiger partial charge is 0.394 e. The third-order valence-corrected chi connectivity index (χ3v) is 6.81. The van der Waals surface area contributed by atoms with E-state index < -0.39 is 11.6 Å². The minimum atomic E-state index is -1.22. The topological polar surface area (TPSA) is 82.5 Å². The number of hydrogen-bond donors (Lipinski definition) is 2. The van der Waals surface area contributed by atoms with Gasteiger partial charge in [0.2, 0.25) is 0 Å². The molecule has 2 N–H and O–H groups in total. The van der Waals surface area contributed by atoms with E-state index in [4.69, 9.17) is 14.6 Å². The van der Waals surface area contributed by atoms with E-state index in [1.54, 1.807) is 4.90 Å². The Morgan fingerprint density at radius 3 is 1.65 bits per heavy atom. The van der Waals surface area contributed by atoms with Crippen LogP contribution < -0.4 is 0 Å². The molecule has 3 aromatic carbocycles. The van der Waals surface area contributed by atoms with Crippen LogP contribution in [0.4, 0.5) is 0 Å². The summed E-state index contributed by atoms with van der Waals surface area (Å²) in [5, 5.41) is 19.2. The Bertz CT molecular complexity index is 976. The highest BCUT2D eigenvalue weighted by Gasteiger charge is 2.43. The van der Waals surface area contributed by atoms with Gasteiger partial charge in [-0.1, -0.05) is 91.0 Å². The first-order valence-electron chi connectivity index (χ1n) is 12.8. The summed E-state index contributed by atoms with van der Waals surface area (Å²) in [6.45, 7) is 2.97. The van der Waals surface area contributed by atoms with Crippen molar-refractivity contribution in [2.45, 2.75) is 11.6 Å². The second-order valence-electron chi connectivity index (χ2n) is 9.05. The second kappa shape index (κ2) is 13.5. The zero-order valence-corrected chi connectivity index (χ0v) is 21.1. The highest BCUT2D eigenvalue weighted by Crippen LogP contribution is 2.42. The Kier molecular flexibility index (Phi) is 9.82. The Morgan fingerprint density at radius 1 is 0.730 bits per heavy atom. The SMILES string of the molecule is O=C(C(O)COCCOCCO)N1CCN(C(c2ccccc2)(c2ccccc2)c2ccccc2)CC1. The van der Waals surface area contributed by atoms with Gasteiger partial charge in [-0.15, -0.1) is 0 Å². The lowest BCUT2D eigenvalue weighted by atomic mass is 9.75. The van der Waals surface area contributed by atoms with Crippen LogP contribution in [0.1, 0.15) is 16.7 Å². The third kappa shape index (κ3) is 6.26. The predicted molar refractivity (Wildman–Crippen MR) is 142 cm³/mol. The van der Waals surface area contributed by atoms with Crippen molar-refractivity contribution in [2.24, 2.45) is 0 Å². The molecule has 0 bridgehead atoms. The number of benzene rings is 3. The van der Waals surface area contributed by atoms with E-state index in [-0.39, 0.29) is 32.3 Å². The monoisotopic (exact) mass is 504 g/mol. The lowest BCUT2D eigenvalue weighted by Gasteiger charge is -2.49. The Morgan fingerprint density at radius 2 is 1.19 bits per heavy atom. The molecule has 1 fully saturated rings. The van der Waals surface area contributed by atoms with E-state index >= 15 is 0 Å². The van der Waals surface area contributed by atoms with Crippen molar-refractivity contribution in [1.82, 2.24) is 9.80 Å². The summed E-state index contributed by atoms with van der Waals surface area (Å²) in [5.74, 6) is -0.319. The molecule has 1 amide bonds. The van der Waals surface area contributed by atoms with E-state index in [0.717, 1.165) is 0 Å². The van der Waals surface area contributed by atoms with Crippen LogP contribution in [0, 0.1) is 0 Å². The van der Waals surface area contributed by atoms with Crippen LogP contribution in [0.5, 0.6) is 0 Å². The maximum Gasteiger partial charge on any atom is 0.253 e. The van der Waals surface area contributed by atoms with Crippen LogP contribution in [0.15, 0.2) is 91.0 Å². The molecule has 1 aliphatic heterocycles. The average molecular weight is 505 g/mol. The third-order valence-electron chi connectivity index (χ3n) is 6.81. The summed E-state index contributed by atoms with van der Waals surface area (Å²) in [6, 6.07) is 31.5. The molecule has 196 valence electrons. The summed E-state index contributed by atoms with van der Waals surface area (Å²) in [6.07, 6.45) is -1.22. The zero-order chi connectivity index (χ0) is 25.9. The molecule has 0 aliphatic carbocycles. The molecular formula is C30H36N2O5. The molecule has 7 heteroatoms. The summed E-state index contributed by atoms with van der Waals surface area (Å²) < 4.78 is 10.5. The fourth-order valence-electron chi connectivity index (χ4n) is 5.11. The molecule has 0 radical (unpaired) electrons. The van der Waals surface area contributed by atoms with Crippen LogP contribution in [-0.4, -0.2) is 91.2 Å². The summed E-state index contributed by atoms with van der Waals surface area (Å²) >= 11 is 0. The first-order chi connectivity index (χ1) is 18.2. The molecule has 0 aromatic heterocycles. The quantitative estimate of drug-likeness (QED) is 0.291. The van der Waals surface area contributed by atoms with Gasteiger partial charge in [0, 0.05) is 26.2 Å². The van der Waals surface area contributed by atoms with E-state index in [9.17, 15) is 9.90 Å². The first-order valence-corrected chi connectivity index (χ1v) is 12.8. The molecule has 3 aromatic rings. The van der Waals surface area contributed by atoms with Crippen molar-refractivity contribution in [2.75, 3.05) is 59.2 Å². The number of nitrogens with zero attached hydrogens (tertiary/aromatic N) is 2. The standard InChI is InChI=1S/C30H36N2O5/c33-20-21-36-22-23-37-24-28(34)29(35)31-16-18-32(19-17-31)30(25-10-4-1-5-11-25,26-12-6-2-7-13-26)27-14-8-3-9-15-27/h1-15,28,33-34H,16-24H2. The number of ether oxygens (including phenoxy) is 2. The number of aliphatic hydroxyl groups is 2. The van der Waals surface area contributed by atoms with Crippen molar-refractivity contribution >= 4 is 5.91 Å². The van der Waals surface area contributed by atoms with E-state index in [0.29, 0.717) is 32.8 Å². The van der Waals surface area contributed by atoms with Gasteiger partial charge in [-0.05, 0) is 16.7 Å². The van der Waals surface area contributed by atoms with Gasteiger partial charge in [0.15, 0.2) is 6.10 Å². The summed E-state index contributed by atoms with van der Waals surface area (Å²) in [7, 11) is 0. The molecule has 1 saturated heterocycles. The molecule has 1 unspecified atom stereocenters. The number of aliphatic hydroxyl groups excluding tert-OH is 2. The van der Waals surface area contributed by atoms with E-state index in [1.165, 1.54) is 16.7 Å². The minimum Gasteiger partial charge on any atom is -0.394 e. The molecule has 1 aliphatic rings. The predicted octanol–water partition coefficient (Wildman–Crippen LogP) is 2.51. The zero-order valence-electron chi connectivity index (χ0n) is 21.1. The first kappa shape index (κ1) is 27.0. The van der Waals surface area contributed by atoms with Crippen molar-refractivity contribution in [1.29, 1.82) is 0 Å². The number of piperazine rings is 1. The van der Waals surface area contributed by atoms with Gasteiger partial charge in [-0.25, -0.2) is 0 Å². The number of carbonyl (C=O) groups excluding carboxylic acids is 1. The van der Waals surface area contributed by atoms with Crippen LogP contribution in [0.3, 0.4) is 0 Å². The highest BCUT2D eigenvalue weighted by atomic mass is 16.5. The van der Waals surface area contributed by atoms with Gasteiger partial charge in [-0.3, -0.25) is 9.69 Å². The van der Waals surface area contributed by atoms with Gasteiger partial charge in [0.25, 0.3) is 5.91 Å². The molecular weight excluding hydrogens is 468 g/mol. The number of rotatable bonds is 12. The molecule has 0 spiro atoms. The van der Waals surface area contributed by atoms with Crippen molar-refractivity contribution in [3.63, 3.8) is 0 Å². The van der Waals surface area contributed by atoms with Crippen LogP contribution in [0.25, 0.3) is 0 Å². The van der Waals surface area contributed by atoms with Gasteiger partial charge < -0.3 is 24.6 Å². The van der Waals surface area contributed by atoms with Gasteiger partial charge in [-0.2, -0.15) is 0 Å². The lowest BCUT2D eigenvalue weighted by Crippen LogP contribution is -2.58.